The molecule has 0 atom stereocenters. The van der Waals surface area contributed by atoms with Crippen LogP contribution in [0.15, 0.2) is 0 Å². The first-order valence-electron chi connectivity index (χ1n) is 12.0. The molecule has 0 aromatic carbocycles. The van der Waals surface area contributed by atoms with E-state index in [4.69, 9.17) is 4.74 Å². The van der Waals surface area contributed by atoms with Crippen LogP contribution in [0.25, 0.3) is 0 Å². The number of rotatable bonds is 7. The van der Waals surface area contributed by atoms with Gasteiger partial charge >= 0.3 is 6.03 Å². The number of piperidine rings is 1. The second kappa shape index (κ2) is 10.3. The van der Waals surface area contributed by atoms with E-state index in [1.807, 2.05) is 0 Å². The highest BCUT2D eigenvalue weighted by atomic mass is 16.5. The van der Waals surface area contributed by atoms with Gasteiger partial charge in [-0.15, -0.1) is 0 Å². The standard InChI is InChI=1S/C22H37N5O4/c28-19(24-27-20(29)22(23-21(27)30)8-2-1-3-9-22)7-13-25-10-4-18(5-11-25)6-12-26-14-16-31-17-15-26/h18H,1-17H2,(H,23,30)(H,24,28). The number of hydrogen-bond acceptors (Lipinski definition) is 6. The van der Waals surface area contributed by atoms with E-state index < -0.39 is 11.6 Å². The third-order valence-electron chi connectivity index (χ3n) is 7.42. The van der Waals surface area contributed by atoms with Gasteiger partial charge in [-0.2, -0.15) is 5.01 Å². The number of nitrogens with zero attached hydrogens (tertiary/aromatic N) is 3. The molecule has 174 valence electrons. The maximum atomic E-state index is 12.8. The quantitative estimate of drug-likeness (QED) is 0.582. The SMILES string of the molecule is O=C(CCN1CCC(CCN2CCOCC2)CC1)NN1C(=O)NC2(CCCCC2)C1=O. The zero-order valence-corrected chi connectivity index (χ0v) is 18.6. The molecule has 3 aliphatic heterocycles. The second-order valence-corrected chi connectivity index (χ2v) is 9.53. The Hall–Kier alpha value is -1.71. The summed E-state index contributed by atoms with van der Waals surface area (Å²) in [5, 5.41) is 3.73. The smallest absolute Gasteiger partial charge is 0.344 e. The van der Waals surface area contributed by atoms with Gasteiger partial charge in [0.1, 0.15) is 5.54 Å². The van der Waals surface area contributed by atoms with Crippen LogP contribution in [0.2, 0.25) is 0 Å². The summed E-state index contributed by atoms with van der Waals surface area (Å²) in [5.41, 5.74) is 1.75. The van der Waals surface area contributed by atoms with Gasteiger partial charge in [0.2, 0.25) is 5.91 Å². The molecule has 0 aromatic rings. The van der Waals surface area contributed by atoms with Crippen molar-refractivity contribution in [2.24, 2.45) is 5.92 Å². The van der Waals surface area contributed by atoms with Crippen LogP contribution in [0, 0.1) is 5.92 Å². The molecule has 4 amide bonds. The predicted octanol–water partition coefficient (Wildman–Crippen LogP) is 1.10. The molecule has 31 heavy (non-hydrogen) atoms. The summed E-state index contributed by atoms with van der Waals surface area (Å²) in [4.78, 5) is 42.3. The van der Waals surface area contributed by atoms with Crippen LogP contribution in [-0.4, -0.2) is 90.7 Å². The van der Waals surface area contributed by atoms with E-state index in [0.717, 1.165) is 76.1 Å². The van der Waals surface area contributed by atoms with Crippen molar-refractivity contribution in [1.82, 2.24) is 25.6 Å². The Kier molecular flexibility index (Phi) is 7.45. The number of hydrogen-bond donors (Lipinski definition) is 2. The lowest BCUT2D eigenvalue weighted by atomic mass is 9.82. The Morgan fingerprint density at radius 1 is 1.00 bits per heavy atom. The molecule has 1 spiro atoms. The Morgan fingerprint density at radius 3 is 2.39 bits per heavy atom. The van der Waals surface area contributed by atoms with E-state index in [1.54, 1.807) is 0 Å². The highest BCUT2D eigenvalue weighted by molar-refractivity contribution is 6.08. The lowest BCUT2D eigenvalue weighted by molar-refractivity contribution is -0.140. The van der Waals surface area contributed by atoms with Crippen LogP contribution >= 0.6 is 0 Å². The number of hydrazine groups is 1. The minimum absolute atomic E-state index is 0.272. The van der Waals surface area contributed by atoms with Gasteiger partial charge in [-0.1, -0.05) is 19.3 Å². The molecule has 4 rings (SSSR count). The summed E-state index contributed by atoms with van der Waals surface area (Å²) in [5.74, 6) is 0.183. The number of carbonyl (C=O) groups is 3. The zero-order chi connectivity index (χ0) is 21.7. The molecule has 0 unspecified atom stereocenters. The Balaban J connectivity index is 1.14. The minimum atomic E-state index is -0.800. The van der Waals surface area contributed by atoms with Crippen molar-refractivity contribution < 1.29 is 19.1 Å². The molecule has 0 bridgehead atoms. The fraction of sp³-hybridized carbons (Fsp3) is 0.864. The van der Waals surface area contributed by atoms with E-state index in [2.05, 4.69) is 20.5 Å². The van der Waals surface area contributed by atoms with Crippen molar-refractivity contribution in [3.8, 4) is 0 Å². The molecule has 3 heterocycles. The van der Waals surface area contributed by atoms with E-state index in [9.17, 15) is 14.4 Å². The third kappa shape index (κ3) is 5.56. The molecule has 3 saturated heterocycles. The fourth-order valence-corrected chi connectivity index (χ4v) is 5.34. The van der Waals surface area contributed by atoms with Gasteiger partial charge in [-0.3, -0.25) is 19.9 Å². The van der Waals surface area contributed by atoms with Crippen molar-refractivity contribution in [1.29, 1.82) is 0 Å². The van der Waals surface area contributed by atoms with Gasteiger partial charge in [0.05, 0.1) is 13.2 Å². The number of amides is 4. The van der Waals surface area contributed by atoms with Crippen LogP contribution in [-0.2, 0) is 14.3 Å². The van der Waals surface area contributed by atoms with Crippen LogP contribution in [0.5, 0.6) is 0 Å². The van der Waals surface area contributed by atoms with Crippen molar-refractivity contribution in [2.45, 2.75) is 63.3 Å². The largest absolute Gasteiger partial charge is 0.379 e. The summed E-state index contributed by atoms with van der Waals surface area (Å²) in [6, 6.07) is -0.499. The molecular weight excluding hydrogens is 398 g/mol. The molecule has 0 radical (unpaired) electrons. The second-order valence-electron chi connectivity index (χ2n) is 9.53. The zero-order valence-electron chi connectivity index (χ0n) is 18.6. The fourth-order valence-electron chi connectivity index (χ4n) is 5.34. The van der Waals surface area contributed by atoms with Gasteiger partial charge in [-0.05, 0) is 57.7 Å². The van der Waals surface area contributed by atoms with Gasteiger partial charge in [0.25, 0.3) is 5.91 Å². The number of imide groups is 1. The van der Waals surface area contributed by atoms with E-state index in [1.165, 1.54) is 19.3 Å². The lowest BCUT2D eigenvalue weighted by Gasteiger charge is -2.34. The number of urea groups is 1. The lowest BCUT2D eigenvalue weighted by Crippen LogP contribution is -2.51. The first kappa shape index (κ1) is 22.5. The van der Waals surface area contributed by atoms with Gasteiger partial charge < -0.3 is 15.0 Å². The number of ether oxygens (including phenoxy) is 1. The average molecular weight is 436 g/mol. The van der Waals surface area contributed by atoms with Crippen molar-refractivity contribution >= 4 is 17.8 Å². The Morgan fingerprint density at radius 2 is 1.68 bits per heavy atom. The monoisotopic (exact) mass is 435 g/mol. The first-order valence-corrected chi connectivity index (χ1v) is 12.0. The third-order valence-corrected chi connectivity index (χ3v) is 7.42. The summed E-state index contributed by atoms with van der Waals surface area (Å²) < 4.78 is 5.41. The van der Waals surface area contributed by atoms with E-state index in [0.29, 0.717) is 25.8 Å². The molecule has 4 aliphatic rings. The van der Waals surface area contributed by atoms with Crippen molar-refractivity contribution in [3.63, 3.8) is 0 Å². The maximum absolute atomic E-state index is 12.8. The normalized spacial score (nSPS) is 25.7. The molecule has 1 aliphatic carbocycles. The van der Waals surface area contributed by atoms with Gasteiger partial charge in [0.15, 0.2) is 0 Å². The van der Waals surface area contributed by atoms with Crippen LogP contribution in [0.1, 0.15) is 57.8 Å². The Bertz CT molecular complexity index is 652. The highest BCUT2D eigenvalue weighted by Gasteiger charge is 2.52. The molecule has 9 heteroatoms. The topological polar surface area (TPSA) is 94.2 Å². The highest BCUT2D eigenvalue weighted by Crippen LogP contribution is 2.33. The van der Waals surface area contributed by atoms with Gasteiger partial charge in [0, 0.05) is 26.1 Å². The number of nitrogens with one attached hydrogen (secondary N) is 2. The molecule has 0 aromatic heterocycles. The molecule has 2 N–H and O–H groups in total. The number of carbonyl (C=O) groups excluding carboxylic acids is 3. The summed E-state index contributed by atoms with van der Waals surface area (Å²) in [6.45, 7) is 7.64. The first-order chi connectivity index (χ1) is 15.1. The number of morpholine rings is 1. The molecule has 4 fully saturated rings. The Labute approximate surface area is 184 Å². The van der Waals surface area contributed by atoms with Crippen LogP contribution in [0.3, 0.4) is 0 Å². The van der Waals surface area contributed by atoms with Gasteiger partial charge in [-0.25, -0.2) is 4.79 Å². The summed E-state index contributed by atoms with van der Waals surface area (Å²) in [6.07, 6.45) is 8.12. The van der Waals surface area contributed by atoms with E-state index in [-0.39, 0.29) is 11.8 Å². The average Bonchev–Trinajstić information content (AvgIpc) is 3.02. The minimum Gasteiger partial charge on any atom is -0.379 e. The molecular formula is C22H37N5O4. The van der Waals surface area contributed by atoms with Crippen LogP contribution in [0.4, 0.5) is 4.79 Å². The summed E-state index contributed by atoms with van der Waals surface area (Å²) in [7, 11) is 0. The summed E-state index contributed by atoms with van der Waals surface area (Å²) >= 11 is 0. The van der Waals surface area contributed by atoms with E-state index >= 15 is 0 Å². The van der Waals surface area contributed by atoms with Crippen LogP contribution < -0.4 is 10.7 Å². The number of likely N-dealkylation sites (tertiary alicyclic amines) is 1. The van der Waals surface area contributed by atoms with Crippen molar-refractivity contribution in [2.75, 3.05) is 52.5 Å². The maximum Gasteiger partial charge on any atom is 0.344 e. The molecule has 9 nitrogen and oxygen atoms in total. The molecule has 1 saturated carbocycles. The predicted molar refractivity (Wildman–Crippen MR) is 115 cm³/mol. The van der Waals surface area contributed by atoms with Crippen molar-refractivity contribution in [3.05, 3.63) is 0 Å².